The number of hydrogen-bond donors (Lipinski definition) is 0. The Morgan fingerprint density at radius 1 is 1.11 bits per heavy atom. The minimum absolute atomic E-state index is 0.118. The van der Waals surface area contributed by atoms with E-state index in [1.165, 1.54) is 4.90 Å². The molecule has 1 atom stereocenters. The summed E-state index contributed by atoms with van der Waals surface area (Å²) < 4.78 is 5.61. The number of Topliss-reactive ketones (excluding diaryl/α,β-unsaturated/α-hetero) is 1. The average molecular weight is 377 g/mol. The number of fused-ring (bicyclic) bond motifs is 1. The van der Waals surface area contributed by atoms with E-state index in [1.54, 1.807) is 35.8 Å². The van der Waals surface area contributed by atoms with Crippen molar-refractivity contribution in [1.82, 2.24) is 5.01 Å². The molecule has 0 saturated heterocycles. The second kappa shape index (κ2) is 6.21. The minimum atomic E-state index is -0.519. The van der Waals surface area contributed by atoms with Crippen LogP contribution in [0, 0.1) is 0 Å². The standard InChI is InChI=1S/C20H15N3O3S/c24-19-13-5-1-2-6-15(13)22(20(19)25)12-23-16(17-7-3-9-26-17)11-14(21-23)18-8-4-10-27-18/h1-10,16H,11-12H2. The molecular weight excluding hydrogens is 362 g/mol. The number of para-hydroxylation sites is 1. The third-order valence-corrected chi connectivity index (χ3v) is 5.76. The quantitative estimate of drug-likeness (QED) is 0.651. The molecule has 1 aromatic carbocycles. The average Bonchev–Trinajstić information content (AvgIpc) is 3.47. The third kappa shape index (κ3) is 2.59. The van der Waals surface area contributed by atoms with Crippen molar-refractivity contribution >= 4 is 34.4 Å². The maximum Gasteiger partial charge on any atom is 0.301 e. The Kier molecular flexibility index (Phi) is 3.68. The molecule has 0 radical (unpaired) electrons. The predicted octanol–water partition coefficient (Wildman–Crippen LogP) is 3.68. The summed E-state index contributed by atoms with van der Waals surface area (Å²) in [5, 5.41) is 8.61. The smallest absolute Gasteiger partial charge is 0.301 e. The fraction of sp³-hybridized carbons (Fsp3) is 0.150. The van der Waals surface area contributed by atoms with Crippen molar-refractivity contribution < 1.29 is 14.0 Å². The molecule has 2 aliphatic heterocycles. The number of rotatable bonds is 4. The zero-order chi connectivity index (χ0) is 18.4. The summed E-state index contributed by atoms with van der Waals surface area (Å²) in [5.74, 6) is -0.201. The molecular formula is C20H15N3O3S. The highest BCUT2D eigenvalue weighted by molar-refractivity contribution is 7.12. The second-order valence-electron chi connectivity index (χ2n) is 6.42. The van der Waals surface area contributed by atoms with Crippen LogP contribution in [0.3, 0.4) is 0 Å². The first-order valence-electron chi connectivity index (χ1n) is 8.59. The Morgan fingerprint density at radius 3 is 2.78 bits per heavy atom. The van der Waals surface area contributed by atoms with Gasteiger partial charge in [0.25, 0.3) is 5.78 Å². The first-order valence-corrected chi connectivity index (χ1v) is 9.47. The Labute approximate surface area is 159 Å². The van der Waals surface area contributed by atoms with Crippen LogP contribution in [0.4, 0.5) is 5.69 Å². The topological polar surface area (TPSA) is 66.1 Å². The number of hydrazone groups is 1. The Balaban J connectivity index is 1.50. The SMILES string of the molecule is O=C1C(=O)N(CN2N=C(c3cccs3)CC2c2ccco2)c2ccccc21. The van der Waals surface area contributed by atoms with Gasteiger partial charge in [-0.2, -0.15) is 5.10 Å². The van der Waals surface area contributed by atoms with Crippen LogP contribution in [-0.2, 0) is 4.79 Å². The number of benzene rings is 1. The molecule has 5 rings (SSSR count). The predicted molar refractivity (Wildman–Crippen MR) is 102 cm³/mol. The van der Waals surface area contributed by atoms with E-state index in [2.05, 4.69) is 0 Å². The lowest BCUT2D eigenvalue weighted by atomic mass is 10.1. The summed E-state index contributed by atoms with van der Waals surface area (Å²) in [6.45, 7) is 0.196. The van der Waals surface area contributed by atoms with Crippen LogP contribution in [0.15, 0.2) is 69.7 Å². The Morgan fingerprint density at radius 2 is 2.00 bits per heavy atom. The van der Waals surface area contributed by atoms with Gasteiger partial charge < -0.3 is 4.42 Å². The zero-order valence-electron chi connectivity index (χ0n) is 14.2. The molecule has 1 amide bonds. The van der Waals surface area contributed by atoms with Crippen molar-refractivity contribution in [2.45, 2.75) is 12.5 Å². The van der Waals surface area contributed by atoms with Gasteiger partial charge in [-0.1, -0.05) is 18.2 Å². The summed E-state index contributed by atoms with van der Waals surface area (Å²) in [5.41, 5.74) is 2.03. The molecule has 6 nitrogen and oxygen atoms in total. The van der Waals surface area contributed by atoms with Crippen molar-refractivity contribution in [2.24, 2.45) is 5.10 Å². The first-order chi connectivity index (χ1) is 13.2. The van der Waals surface area contributed by atoms with Crippen molar-refractivity contribution in [1.29, 1.82) is 0 Å². The zero-order valence-corrected chi connectivity index (χ0v) is 15.1. The molecule has 7 heteroatoms. The van der Waals surface area contributed by atoms with Crippen molar-refractivity contribution in [2.75, 3.05) is 11.6 Å². The number of ketones is 1. The highest BCUT2D eigenvalue weighted by atomic mass is 32.1. The number of carbonyl (C=O) groups is 2. The van der Waals surface area contributed by atoms with E-state index >= 15 is 0 Å². The second-order valence-corrected chi connectivity index (χ2v) is 7.37. The van der Waals surface area contributed by atoms with Crippen LogP contribution < -0.4 is 4.90 Å². The maximum atomic E-state index is 12.5. The van der Waals surface area contributed by atoms with Gasteiger partial charge in [0.1, 0.15) is 18.5 Å². The number of amides is 1. The molecule has 0 bridgehead atoms. The van der Waals surface area contributed by atoms with Crippen LogP contribution in [0.2, 0.25) is 0 Å². The van der Waals surface area contributed by atoms with Crippen molar-refractivity contribution in [3.63, 3.8) is 0 Å². The fourth-order valence-electron chi connectivity index (χ4n) is 3.54. The van der Waals surface area contributed by atoms with Gasteiger partial charge in [-0.25, -0.2) is 0 Å². The summed E-state index contributed by atoms with van der Waals surface area (Å²) in [6.07, 6.45) is 2.32. The highest BCUT2D eigenvalue weighted by Gasteiger charge is 2.39. The normalized spacial score (nSPS) is 19.0. The van der Waals surface area contributed by atoms with E-state index in [1.807, 2.05) is 40.7 Å². The maximum absolute atomic E-state index is 12.5. The van der Waals surface area contributed by atoms with Gasteiger partial charge in [-0.05, 0) is 35.7 Å². The molecule has 3 aromatic rings. The Hall–Kier alpha value is -3.19. The van der Waals surface area contributed by atoms with Crippen LogP contribution in [0.1, 0.15) is 33.5 Å². The van der Waals surface area contributed by atoms with Gasteiger partial charge in [-0.15, -0.1) is 11.3 Å². The van der Waals surface area contributed by atoms with Crippen LogP contribution >= 0.6 is 11.3 Å². The lowest BCUT2D eigenvalue weighted by Crippen LogP contribution is -2.39. The lowest BCUT2D eigenvalue weighted by Gasteiger charge is -2.27. The largest absolute Gasteiger partial charge is 0.467 e. The van der Waals surface area contributed by atoms with Gasteiger partial charge in [0.05, 0.1) is 28.1 Å². The van der Waals surface area contributed by atoms with E-state index in [-0.39, 0.29) is 12.7 Å². The monoisotopic (exact) mass is 377 g/mol. The van der Waals surface area contributed by atoms with Gasteiger partial charge in [0.15, 0.2) is 0 Å². The molecule has 134 valence electrons. The van der Waals surface area contributed by atoms with E-state index in [0.29, 0.717) is 17.7 Å². The van der Waals surface area contributed by atoms with E-state index in [4.69, 9.17) is 9.52 Å². The van der Waals surface area contributed by atoms with Crippen molar-refractivity contribution in [3.05, 3.63) is 76.4 Å². The summed E-state index contributed by atoms with van der Waals surface area (Å²) in [6, 6.07) is 14.7. The van der Waals surface area contributed by atoms with E-state index in [0.717, 1.165) is 16.3 Å². The molecule has 0 aliphatic carbocycles. The van der Waals surface area contributed by atoms with Gasteiger partial charge in [-0.3, -0.25) is 19.5 Å². The summed E-state index contributed by atoms with van der Waals surface area (Å²) in [4.78, 5) is 27.4. The first kappa shape index (κ1) is 16.0. The summed E-state index contributed by atoms with van der Waals surface area (Å²) >= 11 is 1.63. The van der Waals surface area contributed by atoms with Crippen LogP contribution in [-0.4, -0.2) is 29.1 Å². The number of furan rings is 1. The van der Waals surface area contributed by atoms with Crippen molar-refractivity contribution in [3.8, 4) is 0 Å². The number of carbonyl (C=O) groups excluding carboxylic acids is 2. The van der Waals surface area contributed by atoms with E-state index < -0.39 is 11.7 Å². The molecule has 27 heavy (non-hydrogen) atoms. The summed E-state index contributed by atoms with van der Waals surface area (Å²) in [7, 11) is 0. The molecule has 1 unspecified atom stereocenters. The van der Waals surface area contributed by atoms with E-state index in [9.17, 15) is 9.59 Å². The molecule has 0 saturated carbocycles. The lowest BCUT2D eigenvalue weighted by molar-refractivity contribution is -0.114. The van der Waals surface area contributed by atoms with Gasteiger partial charge >= 0.3 is 5.91 Å². The molecule has 2 aliphatic rings. The fourth-order valence-corrected chi connectivity index (χ4v) is 4.26. The molecule has 0 fully saturated rings. The van der Waals surface area contributed by atoms with Crippen LogP contribution in [0.25, 0.3) is 0 Å². The third-order valence-electron chi connectivity index (χ3n) is 4.84. The highest BCUT2D eigenvalue weighted by Crippen LogP contribution is 2.36. The number of anilines is 1. The minimum Gasteiger partial charge on any atom is -0.467 e. The number of hydrogen-bond acceptors (Lipinski definition) is 6. The van der Waals surface area contributed by atoms with Gasteiger partial charge in [0.2, 0.25) is 0 Å². The molecule has 2 aromatic heterocycles. The number of nitrogens with zero attached hydrogens (tertiary/aromatic N) is 3. The number of thiophene rings is 1. The Bertz CT molecular complexity index is 1040. The molecule has 4 heterocycles. The molecule has 0 spiro atoms. The molecule has 0 N–H and O–H groups in total. The van der Waals surface area contributed by atoms with Gasteiger partial charge in [0, 0.05) is 6.42 Å². The van der Waals surface area contributed by atoms with Crippen LogP contribution in [0.5, 0.6) is 0 Å².